The van der Waals surface area contributed by atoms with Crippen LogP contribution in [0.2, 0.25) is 0 Å². The third kappa shape index (κ3) is 3.07. The minimum absolute atomic E-state index is 0.0510. The number of anilines is 2. The number of piperidine rings is 1. The Morgan fingerprint density at radius 2 is 1.93 bits per heavy atom. The van der Waals surface area contributed by atoms with Gasteiger partial charge in [0.1, 0.15) is 11.4 Å². The largest absolute Gasteiger partial charge is 0.459 e. The summed E-state index contributed by atoms with van der Waals surface area (Å²) >= 11 is 0. The maximum Gasteiger partial charge on any atom is 0.289 e. The lowest BCUT2D eigenvalue weighted by Gasteiger charge is -2.47. The van der Waals surface area contributed by atoms with Crippen LogP contribution in [0.4, 0.5) is 11.4 Å². The van der Waals surface area contributed by atoms with E-state index in [2.05, 4.69) is 22.8 Å². The molecule has 3 aliphatic rings. The number of hydrogen-bond donors (Lipinski definition) is 2. The highest BCUT2D eigenvalue weighted by molar-refractivity contribution is 6.10. The van der Waals surface area contributed by atoms with Gasteiger partial charge in [-0.2, -0.15) is 0 Å². The van der Waals surface area contributed by atoms with Crippen molar-refractivity contribution in [2.45, 2.75) is 50.1 Å². The van der Waals surface area contributed by atoms with Gasteiger partial charge in [0.15, 0.2) is 5.76 Å². The number of benzene rings is 1. The second-order valence-corrected chi connectivity index (χ2v) is 8.10. The van der Waals surface area contributed by atoms with Gasteiger partial charge in [0.25, 0.3) is 5.91 Å². The highest BCUT2D eigenvalue weighted by Gasteiger charge is 2.45. The number of carbonyl (C=O) groups is 1. The van der Waals surface area contributed by atoms with Crippen LogP contribution < -0.4 is 10.6 Å². The van der Waals surface area contributed by atoms with E-state index in [0.29, 0.717) is 18.3 Å². The molecule has 3 heterocycles. The fourth-order valence-corrected chi connectivity index (χ4v) is 4.72. The van der Waals surface area contributed by atoms with E-state index in [1.807, 2.05) is 17.0 Å². The molecule has 1 saturated carbocycles. The van der Waals surface area contributed by atoms with E-state index in [0.717, 1.165) is 49.4 Å². The number of furan rings is 1. The molecular formula is C22H26N4O2. The first-order valence-corrected chi connectivity index (χ1v) is 10.3. The topological polar surface area (TPSA) is 69.9 Å². The van der Waals surface area contributed by atoms with Crippen molar-refractivity contribution in [2.24, 2.45) is 4.99 Å². The van der Waals surface area contributed by atoms with Crippen LogP contribution in [0.25, 0.3) is 0 Å². The first-order valence-electron chi connectivity index (χ1n) is 10.3. The minimum atomic E-state index is -0.378. The van der Waals surface area contributed by atoms with E-state index in [9.17, 15) is 4.79 Å². The zero-order chi connectivity index (χ0) is 19.0. The van der Waals surface area contributed by atoms with Gasteiger partial charge in [-0.15, -0.1) is 0 Å². The van der Waals surface area contributed by atoms with Crippen molar-refractivity contribution in [3.8, 4) is 0 Å². The van der Waals surface area contributed by atoms with Crippen LogP contribution in [-0.2, 0) is 0 Å². The Bertz CT molecular complexity index is 886. The fourth-order valence-electron chi connectivity index (χ4n) is 4.72. The zero-order valence-corrected chi connectivity index (χ0v) is 16.0. The van der Waals surface area contributed by atoms with Crippen molar-refractivity contribution in [1.82, 2.24) is 4.90 Å². The van der Waals surface area contributed by atoms with Gasteiger partial charge < -0.3 is 20.0 Å². The number of nitrogens with one attached hydrogen (secondary N) is 2. The molecule has 28 heavy (non-hydrogen) atoms. The van der Waals surface area contributed by atoms with Gasteiger partial charge >= 0.3 is 0 Å². The lowest BCUT2D eigenvalue weighted by atomic mass is 9.84. The van der Waals surface area contributed by atoms with Crippen molar-refractivity contribution in [3.05, 3.63) is 48.4 Å². The molecule has 2 fully saturated rings. The van der Waals surface area contributed by atoms with Crippen molar-refractivity contribution >= 4 is 23.1 Å². The molecule has 2 aliphatic heterocycles. The Kier molecular flexibility index (Phi) is 4.34. The Balaban J connectivity index is 1.49. The summed E-state index contributed by atoms with van der Waals surface area (Å²) in [4.78, 5) is 20.0. The summed E-state index contributed by atoms with van der Waals surface area (Å²) in [5.41, 5.74) is 1.75. The maximum atomic E-state index is 12.9. The number of likely N-dealkylation sites (tertiary alicyclic amines) is 1. The summed E-state index contributed by atoms with van der Waals surface area (Å²) in [6.07, 6.45) is 8.23. The lowest BCUT2D eigenvalue weighted by Crippen LogP contribution is -2.62. The monoisotopic (exact) mass is 378 g/mol. The summed E-state index contributed by atoms with van der Waals surface area (Å²) in [7, 11) is 0. The van der Waals surface area contributed by atoms with Gasteiger partial charge in [0.05, 0.1) is 30.2 Å². The van der Waals surface area contributed by atoms with Crippen LogP contribution in [0.3, 0.4) is 0 Å². The molecule has 1 atom stereocenters. The SMILES string of the molecule is O=C(c1ccco1)N1CCC[C@]2(C1)Nc1ccccc1NC2=NC1CCCC1. The molecule has 1 spiro atoms. The second kappa shape index (κ2) is 7.00. The molecule has 1 saturated heterocycles. The number of aliphatic imine (C=N–C) groups is 1. The third-order valence-corrected chi connectivity index (χ3v) is 6.16. The Labute approximate surface area is 165 Å². The summed E-state index contributed by atoms with van der Waals surface area (Å²) in [5, 5.41) is 7.35. The summed E-state index contributed by atoms with van der Waals surface area (Å²) in [5.74, 6) is 1.33. The molecule has 2 N–H and O–H groups in total. The predicted molar refractivity (Wildman–Crippen MR) is 110 cm³/mol. The average Bonchev–Trinajstić information content (AvgIpc) is 3.42. The molecule has 0 bridgehead atoms. The molecule has 1 aromatic carbocycles. The van der Waals surface area contributed by atoms with E-state index < -0.39 is 0 Å². The van der Waals surface area contributed by atoms with E-state index in [1.165, 1.54) is 12.8 Å². The van der Waals surface area contributed by atoms with Gasteiger partial charge in [-0.1, -0.05) is 25.0 Å². The van der Waals surface area contributed by atoms with Gasteiger partial charge in [-0.05, 0) is 49.9 Å². The number of hydrogen-bond acceptors (Lipinski definition) is 4. The second-order valence-electron chi connectivity index (χ2n) is 8.10. The lowest BCUT2D eigenvalue weighted by molar-refractivity contribution is 0.0662. The van der Waals surface area contributed by atoms with Crippen LogP contribution in [0.5, 0.6) is 0 Å². The number of amidine groups is 1. The molecule has 1 aromatic heterocycles. The van der Waals surface area contributed by atoms with E-state index in [4.69, 9.17) is 9.41 Å². The summed E-state index contributed by atoms with van der Waals surface area (Å²) in [6, 6.07) is 12.1. The van der Waals surface area contributed by atoms with E-state index in [-0.39, 0.29) is 11.4 Å². The highest BCUT2D eigenvalue weighted by atomic mass is 16.3. The van der Waals surface area contributed by atoms with Crippen molar-refractivity contribution in [3.63, 3.8) is 0 Å². The molecule has 1 amide bonds. The molecule has 1 aliphatic carbocycles. The van der Waals surface area contributed by atoms with Crippen LogP contribution in [0, 0.1) is 0 Å². The van der Waals surface area contributed by atoms with E-state index in [1.54, 1.807) is 18.4 Å². The standard InChI is InChI=1S/C22H26N4O2/c27-20(19-11-5-14-28-19)26-13-6-12-22(15-26)21(23-16-7-1-2-8-16)24-17-9-3-4-10-18(17)25-22/h3-5,9-11,14,16,25H,1-2,6-8,12-13,15H2,(H,23,24)/t22-/m1/s1. The quantitative estimate of drug-likeness (QED) is 0.824. The molecule has 146 valence electrons. The molecule has 0 radical (unpaired) electrons. The average molecular weight is 378 g/mol. The number of para-hydroxylation sites is 2. The Morgan fingerprint density at radius 3 is 2.71 bits per heavy atom. The van der Waals surface area contributed by atoms with Crippen molar-refractivity contribution in [1.29, 1.82) is 0 Å². The smallest absolute Gasteiger partial charge is 0.289 e. The molecular weight excluding hydrogens is 352 g/mol. The molecule has 0 unspecified atom stereocenters. The zero-order valence-electron chi connectivity index (χ0n) is 16.0. The van der Waals surface area contributed by atoms with E-state index >= 15 is 0 Å². The highest BCUT2D eigenvalue weighted by Crippen LogP contribution is 2.37. The Hall–Kier alpha value is -2.76. The normalized spacial score (nSPS) is 26.1. The van der Waals surface area contributed by atoms with Crippen LogP contribution in [-0.4, -0.2) is 41.3 Å². The minimum Gasteiger partial charge on any atom is -0.459 e. The van der Waals surface area contributed by atoms with Crippen LogP contribution in [0.15, 0.2) is 52.1 Å². The molecule has 6 heteroatoms. The first kappa shape index (κ1) is 17.3. The fraction of sp³-hybridized carbons (Fsp3) is 0.455. The number of carbonyl (C=O) groups excluding carboxylic acids is 1. The first-order chi connectivity index (χ1) is 13.7. The van der Waals surface area contributed by atoms with Crippen LogP contribution >= 0.6 is 0 Å². The van der Waals surface area contributed by atoms with Crippen molar-refractivity contribution in [2.75, 3.05) is 23.7 Å². The Morgan fingerprint density at radius 1 is 1.11 bits per heavy atom. The van der Waals surface area contributed by atoms with Gasteiger partial charge in [-0.3, -0.25) is 9.79 Å². The third-order valence-electron chi connectivity index (χ3n) is 6.16. The van der Waals surface area contributed by atoms with Gasteiger partial charge in [-0.25, -0.2) is 0 Å². The summed E-state index contributed by atoms with van der Waals surface area (Å²) in [6.45, 7) is 1.32. The maximum absolute atomic E-state index is 12.9. The number of amides is 1. The summed E-state index contributed by atoms with van der Waals surface area (Å²) < 4.78 is 5.36. The number of nitrogens with zero attached hydrogens (tertiary/aromatic N) is 2. The molecule has 5 rings (SSSR count). The number of rotatable bonds is 2. The molecule has 2 aromatic rings. The van der Waals surface area contributed by atoms with Crippen LogP contribution in [0.1, 0.15) is 49.1 Å². The van der Waals surface area contributed by atoms with Gasteiger partial charge in [0.2, 0.25) is 0 Å². The predicted octanol–water partition coefficient (Wildman–Crippen LogP) is 4.13. The molecule has 6 nitrogen and oxygen atoms in total. The number of fused-ring (bicyclic) bond motifs is 1. The van der Waals surface area contributed by atoms with Crippen molar-refractivity contribution < 1.29 is 9.21 Å². The van der Waals surface area contributed by atoms with Gasteiger partial charge in [0, 0.05) is 6.54 Å².